The minimum absolute atomic E-state index is 0.647. The summed E-state index contributed by atoms with van der Waals surface area (Å²) in [5, 5.41) is 18.3. The average molecular weight is 206 g/mol. The minimum Gasteiger partial charge on any atom is -0.423 e. The second-order valence-electron chi connectivity index (χ2n) is 3.88. The molecule has 0 aliphatic rings. The SMILES string of the molecule is CCCCCCc1ccccc1B(O)O. The summed E-state index contributed by atoms with van der Waals surface area (Å²) < 4.78 is 0. The van der Waals surface area contributed by atoms with Crippen LogP contribution in [0.1, 0.15) is 38.2 Å². The van der Waals surface area contributed by atoms with Crippen LogP contribution in [0.2, 0.25) is 0 Å². The Morgan fingerprint density at radius 2 is 1.80 bits per heavy atom. The lowest BCUT2D eigenvalue weighted by Crippen LogP contribution is -2.32. The molecule has 0 aliphatic heterocycles. The second-order valence-corrected chi connectivity index (χ2v) is 3.88. The number of unbranched alkanes of at least 4 members (excludes halogenated alkanes) is 3. The first kappa shape index (κ1) is 12.3. The number of hydrogen-bond donors (Lipinski definition) is 2. The van der Waals surface area contributed by atoms with Gasteiger partial charge in [-0.15, -0.1) is 0 Å². The minimum atomic E-state index is -1.34. The molecule has 0 atom stereocenters. The van der Waals surface area contributed by atoms with Crippen molar-refractivity contribution >= 4 is 12.6 Å². The van der Waals surface area contributed by atoms with Crippen molar-refractivity contribution in [3.63, 3.8) is 0 Å². The average Bonchev–Trinajstić information content (AvgIpc) is 2.25. The quantitative estimate of drug-likeness (QED) is 0.546. The third-order valence-corrected chi connectivity index (χ3v) is 2.63. The van der Waals surface area contributed by atoms with Crippen molar-refractivity contribution in [3.05, 3.63) is 29.8 Å². The van der Waals surface area contributed by atoms with E-state index in [2.05, 4.69) is 6.92 Å². The van der Waals surface area contributed by atoms with Crippen LogP contribution in [0.15, 0.2) is 24.3 Å². The highest BCUT2D eigenvalue weighted by Gasteiger charge is 2.14. The van der Waals surface area contributed by atoms with Crippen molar-refractivity contribution < 1.29 is 10.0 Å². The molecular formula is C12H19BO2. The third-order valence-electron chi connectivity index (χ3n) is 2.63. The van der Waals surface area contributed by atoms with Gasteiger partial charge in [0.1, 0.15) is 0 Å². The molecule has 1 rings (SSSR count). The zero-order chi connectivity index (χ0) is 11.1. The zero-order valence-corrected chi connectivity index (χ0v) is 9.32. The predicted octanol–water partition coefficient (Wildman–Crippen LogP) is 1.49. The molecular weight excluding hydrogens is 187 g/mol. The zero-order valence-electron chi connectivity index (χ0n) is 9.32. The third kappa shape index (κ3) is 4.06. The maximum atomic E-state index is 9.16. The van der Waals surface area contributed by atoms with Crippen LogP contribution in [-0.4, -0.2) is 17.2 Å². The van der Waals surface area contributed by atoms with Gasteiger partial charge in [-0.2, -0.15) is 0 Å². The molecule has 0 aliphatic carbocycles. The van der Waals surface area contributed by atoms with Crippen LogP contribution in [0.25, 0.3) is 0 Å². The summed E-state index contributed by atoms with van der Waals surface area (Å²) in [5.41, 5.74) is 1.71. The molecule has 0 heterocycles. The van der Waals surface area contributed by atoms with E-state index in [1.807, 2.05) is 18.2 Å². The maximum absolute atomic E-state index is 9.16. The van der Waals surface area contributed by atoms with Crippen molar-refractivity contribution in [3.8, 4) is 0 Å². The normalized spacial score (nSPS) is 10.3. The van der Waals surface area contributed by atoms with Crippen LogP contribution in [-0.2, 0) is 6.42 Å². The van der Waals surface area contributed by atoms with Crippen LogP contribution in [0, 0.1) is 0 Å². The lowest BCUT2D eigenvalue weighted by molar-refractivity contribution is 0.425. The van der Waals surface area contributed by atoms with Crippen LogP contribution >= 0.6 is 0 Å². The molecule has 3 heteroatoms. The number of aryl methyl sites for hydroxylation is 1. The Morgan fingerprint density at radius 1 is 1.07 bits per heavy atom. The van der Waals surface area contributed by atoms with Gasteiger partial charge in [0, 0.05) is 0 Å². The van der Waals surface area contributed by atoms with Crippen LogP contribution in [0.3, 0.4) is 0 Å². The molecule has 1 aromatic rings. The first-order valence-corrected chi connectivity index (χ1v) is 5.69. The molecule has 0 saturated heterocycles. The summed E-state index contributed by atoms with van der Waals surface area (Å²) in [6.07, 6.45) is 5.76. The van der Waals surface area contributed by atoms with Crippen LogP contribution in [0.5, 0.6) is 0 Å². The van der Waals surface area contributed by atoms with Gasteiger partial charge in [-0.1, -0.05) is 50.5 Å². The van der Waals surface area contributed by atoms with Gasteiger partial charge >= 0.3 is 7.12 Å². The van der Waals surface area contributed by atoms with E-state index in [9.17, 15) is 0 Å². The van der Waals surface area contributed by atoms with Crippen molar-refractivity contribution in [1.29, 1.82) is 0 Å². The molecule has 82 valence electrons. The smallest absolute Gasteiger partial charge is 0.423 e. The molecule has 0 amide bonds. The molecule has 0 bridgehead atoms. The summed E-state index contributed by atoms with van der Waals surface area (Å²) in [4.78, 5) is 0. The van der Waals surface area contributed by atoms with Crippen molar-refractivity contribution in [1.82, 2.24) is 0 Å². The number of hydrogen-bond acceptors (Lipinski definition) is 2. The topological polar surface area (TPSA) is 40.5 Å². The molecule has 0 unspecified atom stereocenters. The number of benzene rings is 1. The largest absolute Gasteiger partial charge is 0.488 e. The van der Waals surface area contributed by atoms with Gasteiger partial charge in [0.25, 0.3) is 0 Å². The van der Waals surface area contributed by atoms with Gasteiger partial charge in [-0.05, 0) is 23.9 Å². The van der Waals surface area contributed by atoms with Gasteiger partial charge in [0.2, 0.25) is 0 Å². The molecule has 0 spiro atoms. The van der Waals surface area contributed by atoms with Gasteiger partial charge in [0.05, 0.1) is 0 Å². The monoisotopic (exact) mass is 206 g/mol. The van der Waals surface area contributed by atoms with E-state index >= 15 is 0 Å². The summed E-state index contributed by atoms with van der Waals surface area (Å²) in [5.74, 6) is 0. The summed E-state index contributed by atoms with van der Waals surface area (Å²) >= 11 is 0. The van der Waals surface area contributed by atoms with Gasteiger partial charge in [0.15, 0.2) is 0 Å². The summed E-state index contributed by atoms with van der Waals surface area (Å²) in [7, 11) is -1.34. The highest BCUT2D eigenvalue weighted by Crippen LogP contribution is 2.06. The van der Waals surface area contributed by atoms with Crippen molar-refractivity contribution in [2.75, 3.05) is 0 Å². The van der Waals surface area contributed by atoms with Crippen molar-refractivity contribution in [2.45, 2.75) is 39.0 Å². The van der Waals surface area contributed by atoms with E-state index in [1.165, 1.54) is 19.3 Å². The first-order chi connectivity index (χ1) is 7.25. The predicted molar refractivity (Wildman–Crippen MR) is 64.1 cm³/mol. The Balaban J connectivity index is 2.52. The van der Waals surface area contributed by atoms with Crippen LogP contribution < -0.4 is 5.46 Å². The maximum Gasteiger partial charge on any atom is 0.488 e. The Morgan fingerprint density at radius 3 is 2.47 bits per heavy atom. The molecule has 2 N–H and O–H groups in total. The van der Waals surface area contributed by atoms with Gasteiger partial charge in [-0.3, -0.25) is 0 Å². The number of rotatable bonds is 6. The Hall–Kier alpha value is -0.795. The molecule has 2 nitrogen and oxygen atoms in total. The highest BCUT2D eigenvalue weighted by atomic mass is 16.4. The Kier molecular flexibility index (Phi) is 5.44. The Bertz CT molecular complexity index is 287. The fraction of sp³-hybridized carbons (Fsp3) is 0.500. The molecule has 1 aromatic carbocycles. The van der Waals surface area contributed by atoms with E-state index in [-0.39, 0.29) is 0 Å². The van der Waals surface area contributed by atoms with Gasteiger partial charge < -0.3 is 10.0 Å². The van der Waals surface area contributed by atoms with Crippen molar-refractivity contribution in [2.24, 2.45) is 0 Å². The fourth-order valence-corrected chi connectivity index (χ4v) is 1.76. The first-order valence-electron chi connectivity index (χ1n) is 5.69. The van der Waals surface area contributed by atoms with E-state index in [1.54, 1.807) is 6.07 Å². The molecule has 0 saturated carbocycles. The highest BCUT2D eigenvalue weighted by molar-refractivity contribution is 6.59. The standard InChI is InChI=1S/C12H19BO2/c1-2-3-4-5-8-11-9-6-7-10-12(11)13(14)15/h6-7,9-10,14-15H,2-5,8H2,1H3. The molecule has 0 aromatic heterocycles. The lowest BCUT2D eigenvalue weighted by Gasteiger charge is -2.07. The fourth-order valence-electron chi connectivity index (χ4n) is 1.76. The van der Waals surface area contributed by atoms with E-state index in [0.717, 1.165) is 18.4 Å². The van der Waals surface area contributed by atoms with Gasteiger partial charge in [-0.25, -0.2) is 0 Å². The summed E-state index contributed by atoms with van der Waals surface area (Å²) in [6, 6.07) is 7.53. The van der Waals surface area contributed by atoms with E-state index in [4.69, 9.17) is 10.0 Å². The molecule has 0 fully saturated rings. The second kappa shape index (κ2) is 6.65. The molecule has 0 radical (unpaired) electrons. The van der Waals surface area contributed by atoms with Crippen LogP contribution in [0.4, 0.5) is 0 Å². The molecule has 15 heavy (non-hydrogen) atoms. The van der Waals surface area contributed by atoms with E-state index in [0.29, 0.717) is 5.46 Å². The van der Waals surface area contributed by atoms with E-state index < -0.39 is 7.12 Å². The Labute approximate surface area is 92.1 Å². The summed E-state index contributed by atoms with van der Waals surface area (Å²) in [6.45, 7) is 2.19. The lowest BCUT2D eigenvalue weighted by atomic mass is 9.76.